The average molecular weight is 337 g/mol. The second-order valence-electron chi connectivity index (χ2n) is 5.64. The van der Waals surface area contributed by atoms with Gasteiger partial charge in [-0.2, -0.15) is 5.10 Å². The summed E-state index contributed by atoms with van der Waals surface area (Å²) in [5.74, 6) is -0.204. The monoisotopic (exact) mass is 337 g/mol. The van der Waals surface area contributed by atoms with Crippen molar-refractivity contribution in [1.29, 1.82) is 0 Å². The smallest absolute Gasteiger partial charge is 0.259 e. The van der Waals surface area contributed by atoms with Gasteiger partial charge in [0.1, 0.15) is 0 Å². The Labute approximate surface area is 142 Å². The van der Waals surface area contributed by atoms with E-state index in [-0.39, 0.29) is 5.91 Å². The lowest BCUT2D eigenvalue weighted by molar-refractivity contribution is 0.102. The summed E-state index contributed by atoms with van der Waals surface area (Å²) in [5.41, 5.74) is 3.73. The maximum Gasteiger partial charge on any atom is 0.259 e. The predicted octanol–water partition coefficient (Wildman–Crippen LogP) is 3.45. The van der Waals surface area contributed by atoms with Crippen molar-refractivity contribution in [3.05, 3.63) is 47.3 Å². The fourth-order valence-corrected chi connectivity index (χ4v) is 3.61. The maximum absolute atomic E-state index is 12.7. The number of aryl methyl sites for hydroxylation is 3. The first-order valence-electron chi connectivity index (χ1n) is 7.51. The molecule has 6 nitrogen and oxygen atoms in total. The van der Waals surface area contributed by atoms with Crippen LogP contribution < -0.4 is 5.32 Å². The van der Waals surface area contributed by atoms with Crippen molar-refractivity contribution in [2.24, 2.45) is 7.05 Å². The molecule has 0 aliphatic rings. The van der Waals surface area contributed by atoms with Crippen LogP contribution in [0.1, 0.15) is 21.7 Å². The van der Waals surface area contributed by atoms with E-state index in [0.29, 0.717) is 16.4 Å². The van der Waals surface area contributed by atoms with Gasteiger partial charge in [-0.05, 0) is 32.0 Å². The number of pyridine rings is 1. The van der Waals surface area contributed by atoms with Gasteiger partial charge in [0.15, 0.2) is 10.8 Å². The third-order valence-electron chi connectivity index (χ3n) is 3.95. The molecule has 0 saturated heterocycles. The van der Waals surface area contributed by atoms with E-state index in [0.717, 1.165) is 26.9 Å². The van der Waals surface area contributed by atoms with Gasteiger partial charge in [-0.3, -0.25) is 14.8 Å². The lowest BCUT2D eigenvalue weighted by Crippen LogP contribution is -2.14. The van der Waals surface area contributed by atoms with E-state index in [1.807, 2.05) is 51.2 Å². The topological polar surface area (TPSA) is 72.7 Å². The number of rotatable bonds is 2. The van der Waals surface area contributed by atoms with Gasteiger partial charge in [-0.1, -0.05) is 23.5 Å². The molecule has 1 aromatic carbocycles. The number of anilines is 1. The summed E-state index contributed by atoms with van der Waals surface area (Å²) in [7, 11) is 1.85. The van der Waals surface area contributed by atoms with Crippen LogP contribution in [0.5, 0.6) is 0 Å². The first kappa shape index (κ1) is 14.8. The Morgan fingerprint density at radius 1 is 1.17 bits per heavy atom. The normalized spacial score (nSPS) is 11.3. The molecule has 0 saturated carbocycles. The molecular weight excluding hydrogens is 322 g/mol. The number of amides is 1. The van der Waals surface area contributed by atoms with Crippen molar-refractivity contribution in [2.75, 3.05) is 5.32 Å². The number of nitrogens with one attached hydrogen (secondary N) is 1. The maximum atomic E-state index is 12.7. The highest BCUT2D eigenvalue weighted by molar-refractivity contribution is 7.22. The van der Waals surface area contributed by atoms with Gasteiger partial charge < -0.3 is 0 Å². The van der Waals surface area contributed by atoms with E-state index in [1.54, 1.807) is 4.68 Å². The van der Waals surface area contributed by atoms with Crippen LogP contribution in [0.25, 0.3) is 21.3 Å². The minimum Gasteiger partial charge on any atom is -0.298 e. The molecule has 4 aromatic rings. The summed E-state index contributed by atoms with van der Waals surface area (Å²) in [6.45, 7) is 3.74. The molecule has 1 amide bonds. The third kappa shape index (κ3) is 2.33. The van der Waals surface area contributed by atoms with Crippen LogP contribution in [0.4, 0.5) is 5.13 Å². The van der Waals surface area contributed by atoms with Gasteiger partial charge in [0.05, 0.1) is 27.2 Å². The number of hydrogen-bond donors (Lipinski definition) is 1. The Morgan fingerprint density at radius 2 is 1.96 bits per heavy atom. The Bertz CT molecular complexity index is 1060. The van der Waals surface area contributed by atoms with Crippen molar-refractivity contribution in [3.8, 4) is 0 Å². The number of carbonyl (C=O) groups excluding carboxylic acids is 1. The molecule has 24 heavy (non-hydrogen) atoms. The second kappa shape index (κ2) is 5.38. The molecule has 0 fully saturated rings. The van der Waals surface area contributed by atoms with Crippen LogP contribution >= 0.6 is 11.3 Å². The van der Waals surface area contributed by atoms with Crippen LogP contribution in [0.15, 0.2) is 30.3 Å². The first-order valence-corrected chi connectivity index (χ1v) is 8.32. The molecule has 0 aliphatic carbocycles. The van der Waals surface area contributed by atoms with Crippen molar-refractivity contribution >= 4 is 43.6 Å². The lowest BCUT2D eigenvalue weighted by atomic mass is 10.1. The van der Waals surface area contributed by atoms with Crippen molar-refractivity contribution in [1.82, 2.24) is 19.7 Å². The lowest BCUT2D eigenvalue weighted by Gasteiger charge is -2.05. The average Bonchev–Trinajstić information content (AvgIpc) is 3.07. The van der Waals surface area contributed by atoms with Gasteiger partial charge in [-0.25, -0.2) is 9.97 Å². The Morgan fingerprint density at radius 3 is 2.75 bits per heavy atom. The SMILES string of the molecule is Cc1nc2c(cc1C(=O)Nc1nc3ccccc3s1)c(C)nn2C. The van der Waals surface area contributed by atoms with Crippen LogP contribution in [-0.2, 0) is 7.05 Å². The van der Waals surface area contributed by atoms with Gasteiger partial charge in [-0.15, -0.1) is 0 Å². The predicted molar refractivity (Wildman–Crippen MR) is 95.6 cm³/mol. The number of aromatic nitrogens is 4. The zero-order chi connectivity index (χ0) is 16.8. The van der Waals surface area contributed by atoms with Crippen molar-refractivity contribution in [2.45, 2.75) is 13.8 Å². The summed E-state index contributed by atoms with van der Waals surface area (Å²) in [5, 5.41) is 8.71. The number of thiazole rings is 1. The Hall–Kier alpha value is -2.80. The van der Waals surface area contributed by atoms with Gasteiger partial charge in [0, 0.05) is 12.4 Å². The summed E-state index contributed by atoms with van der Waals surface area (Å²) in [4.78, 5) is 21.6. The molecule has 3 aromatic heterocycles. The zero-order valence-electron chi connectivity index (χ0n) is 13.5. The molecule has 0 radical (unpaired) electrons. The number of benzene rings is 1. The highest BCUT2D eigenvalue weighted by Crippen LogP contribution is 2.26. The van der Waals surface area contributed by atoms with E-state index >= 15 is 0 Å². The van der Waals surface area contributed by atoms with E-state index in [1.165, 1.54) is 11.3 Å². The number of nitrogens with zero attached hydrogens (tertiary/aromatic N) is 4. The summed E-state index contributed by atoms with van der Waals surface area (Å²) >= 11 is 1.46. The molecular formula is C17H15N5OS. The molecule has 0 unspecified atom stereocenters. The van der Waals surface area contributed by atoms with Crippen LogP contribution in [0.3, 0.4) is 0 Å². The Kier molecular flexibility index (Phi) is 3.31. The van der Waals surface area contributed by atoms with Gasteiger partial charge in [0.2, 0.25) is 0 Å². The minimum atomic E-state index is -0.204. The van der Waals surface area contributed by atoms with Crippen LogP contribution in [0.2, 0.25) is 0 Å². The molecule has 120 valence electrons. The van der Waals surface area contributed by atoms with Gasteiger partial charge in [0.25, 0.3) is 5.91 Å². The standard InChI is InChI=1S/C17H15N5OS/c1-9-12(8-11-10(2)21-22(3)15(11)18-9)16(23)20-17-19-13-6-4-5-7-14(13)24-17/h4-8H,1-3H3,(H,19,20,23). The largest absolute Gasteiger partial charge is 0.298 e. The summed E-state index contributed by atoms with van der Waals surface area (Å²) in [6.07, 6.45) is 0. The number of carbonyl (C=O) groups is 1. The van der Waals surface area contributed by atoms with Crippen LogP contribution in [-0.4, -0.2) is 25.7 Å². The number of para-hydroxylation sites is 1. The van der Waals surface area contributed by atoms with E-state index < -0.39 is 0 Å². The Balaban J connectivity index is 1.72. The van der Waals surface area contributed by atoms with E-state index in [2.05, 4.69) is 20.4 Å². The van der Waals surface area contributed by atoms with Gasteiger partial charge >= 0.3 is 0 Å². The molecule has 0 aliphatic heterocycles. The molecule has 4 rings (SSSR count). The second-order valence-corrected chi connectivity index (χ2v) is 6.67. The number of fused-ring (bicyclic) bond motifs is 2. The molecule has 1 N–H and O–H groups in total. The van der Waals surface area contributed by atoms with Crippen molar-refractivity contribution in [3.63, 3.8) is 0 Å². The van der Waals surface area contributed by atoms with Crippen LogP contribution in [0, 0.1) is 13.8 Å². The fraction of sp³-hybridized carbons (Fsp3) is 0.176. The number of hydrogen-bond acceptors (Lipinski definition) is 5. The molecule has 7 heteroatoms. The summed E-state index contributed by atoms with van der Waals surface area (Å²) < 4.78 is 2.77. The molecule has 0 bridgehead atoms. The third-order valence-corrected chi connectivity index (χ3v) is 4.90. The fourth-order valence-electron chi connectivity index (χ4n) is 2.75. The molecule has 0 spiro atoms. The molecule has 0 atom stereocenters. The highest BCUT2D eigenvalue weighted by atomic mass is 32.1. The highest BCUT2D eigenvalue weighted by Gasteiger charge is 2.16. The molecule has 3 heterocycles. The van der Waals surface area contributed by atoms with E-state index in [9.17, 15) is 4.79 Å². The van der Waals surface area contributed by atoms with E-state index in [4.69, 9.17) is 0 Å². The van der Waals surface area contributed by atoms with Crippen molar-refractivity contribution < 1.29 is 4.79 Å². The zero-order valence-corrected chi connectivity index (χ0v) is 14.3. The first-order chi connectivity index (χ1) is 11.5. The quantitative estimate of drug-likeness (QED) is 0.608. The minimum absolute atomic E-state index is 0.204. The summed E-state index contributed by atoms with van der Waals surface area (Å²) in [6, 6.07) is 9.66.